The van der Waals surface area contributed by atoms with Gasteiger partial charge in [0.25, 0.3) is 5.91 Å². The summed E-state index contributed by atoms with van der Waals surface area (Å²) in [5.74, 6) is -0.506. The van der Waals surface area contributed by atoms with Gasteiger partial charge in [0.05, 0.1) is 31.5 Å². The van der Waals surface area contributed by atoms with Crippen LogP contribution in [0.2, 0.25) is 0 Å². The van der Waals surface area contributed by atoms with Gasteiger partial charge in [-0.05, 0) is 25.5 Å². The molecule has 0 spiro atoms. The Morgan fingerprint density at radius 3 is 2.54 bits per heavy atom. The third kappa shape index (κ3) is 6.22. The topological polar surface area (TPSA) is 162 Å². The van der Waals surface area contributed by atoms with Gasteiger partial charge in [0.15, 0.2) is 41.4 Å². The van der Waals surface area contributed by atoms with Gasteiger partial charge in [0.1, 0.15) is 24.3 Å². The second-order valence-corrected chi connectivity index (χ2v) is 12.0. The molecule has 1 aromatic carbocycles. The van der Waals surface area contributed by atoms with Crippen LogP contribution in [0.5, 0.6) is 0 Å². The summed E-state index contributed by atoms with van der Waals surface area (Å²) < 4.78 is 69.0. The number of nitrogens with one attached hydrogen (secondary N) is 1. The number of ether oxygens (including phenoxy) is 2. The maximum atomic E-state index is 15.6. The third-order valence-corrected chi connectivity index (χ3v) is 8.83. The van der Waals surface area contributed by atoms with Crippen molar-refractivity contribution in [2.45, 2.75) is 76.7 Å². The summed E-state index contributed by atoms with van der Waals surface area (Å²) in [6, 6.07) is 8.56. The van der Waals surface area contributed by atoms with E-state index < -0.39 is 57.3 Å². The van der Waals surface area contributed by atoms with Crippen molar-refractivity contribution in [1.29, 1.82) is 0 Å². The van der Waals surface area contributed by atoms with E-state index in [1.807, 2.05) is 0 Å². The number of alkyl halides is 2. The molecule has 2 fully saturated rings. The normalized spacial score (nSPS) is 26.8. The number of ketones is 1. The van der Waals surface area contributed by atoms with Crippen molar-refractivity contribution in [1.82, 2.24) is 29.1 Å². The Morgan fingerprint density at radius 1 is 1.07 bits per heavy atom. The first kappa shape index (κ1) is 32.0. The Labute approximate surface area is 262 Å². The molecule has 2 aliphatic rings. The van der Waals surface area contributed by atoms with Crippen LogP contribution < -0.4 is 5.32 Å². The Bertz CT molecular complexity index is 1760. The van der Waals surface area contributed by atoms with Gasteiger partial charge in [0.2, 0.25) is 0 Å². The van der Waals surface area contributed by atoms with Gasteiger partial charge in [-0.3, -0.25) is 18.7 Å². The van der Waals surface area contributed by atoms with E-state index in [1.165, 1.54) is 35.0 Å². The minimum Gasteiger partial charge on any atom is -0.349 e. The average molecular weight is 660 g/mol. The summed E-state index contributed by atoms with van der Waals surface area (Å²) in [6.45, 7) is 4.50. The first-order valence-corrected chi connectivity index (χ1v) is 15.9. The molecule has 3 aromatic heterocycles. The number of fused-ring (bicyclic) bond motifs is 1. The number of benzene rings is 1. The number of rotatable bonds is 11. The lowest BCUT2D eigenvalue weighted by Gasteiger charge is -2.19. The Kier molecular flexibility index (Phi) is 9.34. The number of aromatic nitrogens is 6. The summed E-state index contributed by atoms with van der Waals surface area (Å²) in [5, 5.41) is 2.70. The number of carbonyl (C=O) groups is 2. The number of hydrogen-bond donors (Lipinski definition) is 1. The van der Waals surface area contributed by atoms with Gasteiger partial charge in [-0.15, -0.1) is 0 Å². The largest absolute Gasteiger partial charge is 0.349 e. The zero-order valence-corrected chi connectivity index (χ0v) is 26.1. The average Bonchev–Trinajstić information content (AvgIpc) is 3.81. The van der Waals surface area contributed by atoms with Gasteiger partial charge in [-0.2, -0.15) is 0 Å². The first-order chi connectivity index (χ1) is 22.2. The molecule has 14 nitrogen and oxygen atoms in total. The van der Waals surface area contributed by atoms with Crippen LogP contribution in [0.15, 0.2) is 49.3 Å². The second-order valence-electron chi connectivity index (χ2n) is 11.0. The van der Waals surface area contributed by atoms with Crippen molar-refractivity contribution in [2.24, 2.45) is 0 Å². The van der Waals surface area contributed by atoms with Crippen LogP contribution in [0.3, 0.4) is 0 Å². The number of halogens is 2. The number of hydrogen-bond acceptors (Lipinski definition) is 11. The van der Waals surface area contributed by atoms with Crippen LogP contribution in [0, 0.1) is 6.92 Å². The van der Waals surface area contributed by atoms with Gasteiger partial charge in [-0.25, -0.2) is 28.7 Å². The second kappa shape index (κ2) is 13.4. The molecule has 0 radical (unpaired) electrons. The molecule has 0 saturated carbocycles. The molecule has 1 N–H and O–H groups in total. The fourth-order valence-corrected chi connectivity index (χ4v) is 6.56. The smallest absolute Gasteiger partial charge is 0.319 e. The van der Waals surface area contributed by atoms with E-state index in [4.69, 9.17) is 18.5 Å². The number of imidazole rings is 2. The van der Waals surface area contributed by atoms with Gasteiger partial charge < -0.3 is 28.4 Å². The van der Waals surface area contributed by atoms with Gasteiger partial charge in [-0.1, -0.05) is 25.1 Å². The van der Waals surface area contributed by atoms with E-state index in [2.05, 4.69) is 25.3 Å². The predicted molar refractivity (Wildman–Crippen MR) is 159 cm³/mol. The van der Waals surface area contributed by atoms with E-state index in [-0.39, 0.29) is 41.5 Å². The van der Waals surface area contributed by atoms with E-state index in [0.29, 0.717) is 17.7 Å². The Morgan fingerprint density at radius 2 is 1.83 bits per heavy atom. The van der Waals surface area contributed by atoms with Gasteiger partial charge in [0, 0.05) is 24.6 Å². The molecule has 0 aliphatic carbocycles. The SMILES string of the molecule is CC[C@H]1O[C@@H](n2cnc(C(C)=O)c2C)[C@H](F)[C@@H]1O[PH](=O)OC[C@@H]1C[C@@H](F)[C@H](n2cnc3c(NC(=O)c4ccccc4)ncnc32)O1. The number of anilines is 1. The summed E-state index contributed by atoms with van der Waals surface area (Å²) in [7, 11) is -3.25. The van der Waals surface area contributed by atoms with E-state index >= 15 is 8.78 Å². The molecule has 2 saturated heterocycles. The monoisotopic (exact) mass is 659 g/mol. The highest BCUT2D eigenvalue weighted by Gasteiger charge is 2.48. The lowest BCUT2D eigenvalue weighted by Crippen LogP contribution is -2.30. The van der Waals surface area contributed by atoms with Gasteiger partial charge >= 0.3 is 8.25 Å². The standard InChI is InChI=1S/C29H32F2N7O7P/c1-4-20-24(21(31)29(44-20)37-13-34-22(15(37)2)16(3)39)45-46(41)42-11-18-10-19(30)28(43-18)38-14-35-23-25(32-12-33-26(23)38)36-27(40)17-8-6-5-7-9-17/h5-9,12-14,18-21,24,28-29,46H,4,10-11H2,1-3H3,(H,32,33,36,40)/t18-,19+,20+,21+,24+,28+,29+/m0/s1. The van der Waals surface area contributed by atoms with Crippen LogP contribution in [-0.4, -0.2) is 78.0 Å². The van der Waals surface area contributed by atoms with Crippen molar-refractivity contribution < 1.29 is 41.5 Å². The predicted octanol–water partition coefficient (Wildman–Crippen LogP) is 4.55. The minimum atomic E-state index is -3.25. The molecule has 4 aromatic rings. The maximum absolute atomic E-state index is 15.6. The molecule has 17 heteroatoms. The molecule has 1 amide bonds. The summed E-state index contributed by atoms with van der Waals surface area (Å²) in [4.78, 5) is 41.1. The van der Waals surface area contributed by atoms with E-state index in [9.17, 15) is 14.2 Å². The number of Topliss-reactive ketones (excluding diaryl/α,β-unsaturated/α-hetero) is 1. The van der Waals surface area contributed by atoms with Crippen LogP contribution in [0.25, 0.3) is 11.2 Å². The lowest BCUT2D eigenvalue weighted by atomic mass is 10.1. The van der Waals surface area contributed by atoms with E-state index in [1.54, 1.807) is 44.2 Å². The summed E-state index contributed by atoms with van der Waals surface area (Å²) in [5.41, 5.74) is 1.55. The molecule has 2 aliphatic heterocycles. The Hall–Kier alpha value is -3.95. The van der Waals surface area contributed by atoms with Crippen molar-refractivity contribution >= 4 is 36.9 Å². The van der Waals surface area contributed by atoms with Crippen molar-refractivity contribution in [3.8, 4) is 0 Å². The number of carbonyl (C=O) groups excluding carboxylic acids is 2. The quantitative estimate of drug-likeness (QED) is 0.178. The highest BCUT2D eigenvalue weighted by molar-refractivity contribution is 7.33. The molecule has 1 unspecified atom stereocenters. The zero-order valence-electron chi connectivity index (χ0n) is 25.1. The summed E-state index contributed by atoms with van der Waals surface area (Å²) in [6.07, 6.45) is -4.04. The van der Waals surface area contributed by atoms with Crippen LogP contribution in [0.1, 0.15) is 65.7 Å². The molecular weight excluding hydrogens is 627 g/mol. The Balaban J connectivity index is 1.07. The van der Waals surface area contributed by atoms with Crippen molar-refractivity contribution in [3.63, 3.8) is 0 Å². The highest BCUT2D eigenvalue weighted by atomic mass is 31.1. The molecule has 6 rings (SSSR count). The summed E-state index contributed by atoms with van der Waals surface area (Å²) >= 11 is 0. The lowest BCUT2D eigenvalue weighted by molar-refractivity contribution is -0.0353. The van der Waals surface area contributed by atoms with E-state index in [0.717, 1.165) is 0 Å². The van der Waals surface area contributed by atoms with Crippen molar-refractivity contribution in [2.75, 3.05) is 11.9 Å². The molecule has 0 bridgehead atoms. The molecule has 8 atom stereocenters. The maximum Gasteiger partial charge on any atom is 0.319 e. The fourth-order valence-electron chi connectivity index (χ4n) is 5.67. The molecular formula is C29H32F2N7O7P. The minimum absolute atomic E-state index is 0.0848. The van der Waals surface area contributed by atoms with Crippen LogP contribution in [0.4, 0.5) is 14.6 Å². The molecule has 46 heavy (non-hydrogen) atoms. The van der Waals surface area contributed by atoms with Crippen LogP contribution >= 0.6 is 8.25 Å². The first-order valence-electron chi connectivity index (χ1n) is 14.7. The van der Waals surface area contributed by atoms with Crippen molar-refractivity contribution in [3.05, 3.63) is 66.3 Å². The number of amides is 1. The van der Waals surface area contributed by atoms with Crippen LogP contribution in [-0.2, 0) is 23.1 Å². The zero-order chi connectivity index (χ0) is 32.5. The fraction of sp³-hybridized carbons (Fsp3) is 0.448. The highest BCUT2D eigenvalue weighted by Crippen LogP contribution is 2.42. The number of nitrogens with zero attached hydrogens (tertiary/aromatic N) is 6. The third-order valence-electron chi connectivity index (χ3n) is 7.97. The molecule has 244 valence electrons. The molecule has 5 heterocycles.